The van der Waals surface area contributed by atoms with Gasteiger partial charge in [-0.15, -0.1) is 0 Å². The zero-order valence-electron chi connectivity index (χ0n) is 13.5. The van der Waals surface area contributed by atoms with Gasteiger partial charge in [0, 0.05) is 24.2 Å². The Kier molecular flexibility index (Phi) is 3.96. The lowest BCUT2D eigenvalue weighted by atomic mass is 9.84. The Labute approximate surface area is 140 Å². The molecule has 0 radical (unpaired) electrons. The smallest absolute Gasteiger partial charge is 0.320 e. The summed E-state index contributed by atoms with van der Waals surface area (Å²) in [5, 5.41) is 10.4. The molecule has 2 aliphatic rings. The molecule has 0 amide bonds. The predicted molar refractivity (Wildman–Crippen MR) is 89.0 cm³/mol. The van der Waals surface area contributed by atoms with Crippen LogP contribution in [0.1, 0.15) is 37.7 Å². The second kappa shape index (κ2) is 6.13. The molecule has 4 nitrogen and oxygen atoms in total. The van der Waals surface area contributed by atoms with E-state index in [1.807, 2.05) is 6.07 Å². The predicted octanol–water partition coefficient (Wildman–Crippen LogP) is 3.59. The fourth-order valence-electron chi connectivity index (χ4n) is 4.57. The van der Waals surface area contributed by atoms with Crippen molar-refractivity contribution in [1.82, 2.24) is 9.88 Å². The number of aliphatic carboxylic acids is 1. The van der Waals surface area contributed by atoms with Gasteiger partial charge in [0.05, 0.1) is 5.52 Å². The van der Waals surface area contributed by atoms with Crippen molar-refractivity contribution in [2.75, 3.05) is 0 Å². The molecule has 4 rings (SSSR count). The van der Waals surface area contributed by atoms with Gasteiger partial charge in [-0.05, 0) is 48.9 Å². The van der Waals surface area contributed by atoms with Crippen LogP contribution < -0.4 is 0 Å². The van der Waals surface area contributed by atoms with Gasteiger partial charge in [0.25, 0.3) is 0 Å². The van der Waals surface area contributed by atoms with Crippen molar-refractivity contribution >= 4 is 16.9 Å². The van der Waals surface area contributed by atoms with Gasteiger partial charge >= 0.3 is 5.97 Å². The van der Waals surface area contributed by atoms with Crippen molar-refractivity contribution < 1.29 is 14.3 Å². The second-order valence-corrected chi connectivity index (χ2v) is 7.01. The monoisotopic (exact) mass is 328 g/mol. The summed E-state index contributed by atoms with van der Waals surface area (Å²) in [6, 6.07) is 6.44. The number of rotatable bonds is 3. The van der Waals surface area contributed by atoms with E-state index in [2.05, 4.69) is 9.88 Å². The number of fused-ring (bicyclic) bond motifs is 2. The number of halogens is 1. The Morgan fingerprint density at radius 2 is 2.17 bits per heavy atom. The van der Waals surface area contributed by atoms with E-state index in [1.165, 1.54) is 18.6 Å². The lowest BCUT2D eigenvalue weighted by Crippen LogP contribution is -2.41. The van der Waals surface area contributed by atoms with Gasteiger partial charge < -0.3 is 5.11 Å². The highest BCUT2D eigenvalue weighted by Crippen LogP contribution is 2.41. The molecule has 2 heterocycles. The van der Waals surface area contributed by atoms with E-state index in [9.17, 15) is 14.3 Å². The fraction of sp³-hybridized carbons (Fsp3) is 0.474. The Bertz CT molecular complexity index is 779. The molecule has 3 atom stereocenters. The van der Waals surface area contributed by atoms with Crippen molar-refractivity contribution in [3.05, 3.63) is 41.8 Å². The minimum atomic E-state index is -0.766. The molecule has 1 aromatic heterocycles. The van der Waals surface area contributed by atoms with Crippen LogP contribution in [0.25, 0.3) is 10.9 Å². The van der Waals surface area contributed by atoms with Crippen LogP contribution in [0.3, 0.4) is 0 Å². The number of benzene rings is 1. The van der Waals surface area contributed by atoms with Crippen LogP contribution in [-0.4, -0.2) is 33.0 Å². The molecule has 3 unspecified atom stereocenters. The van der Waals surface area contributed by atoms with Gasteiger partial charge in [-0.3, -0.25) is 14.7 Å². The van der Waals surface area contributed by atoms with Gasteiger partial charge in [0.15, 0.2) is 0 Å². The van der Waals surface area contributed by atoms with E-state index in [0.717, 1.165) is 35.7 Å². The van der Waals surface area contributed by atoms with Gasteiger partial charge in [0.2, 0.25) is 0 Å². The standard InChI is InChI=1S/C19H21FN2O2/c20-15-8-13-5-3-7-21-18(13)14(9-15)11-22-16-6-2-1-4-12(16)10-17(22)19(23)24/h3,5,7-9,12,16-17H,1-2,4,6,10-11H2,(H,23,24). The molecule has 2 fully saturated rings. The van der Waals surface area contributed by atoms with Crippen LogP contribution in [0.2, 0.25) is 0 Å². The van der Waals surface area contributed by atoms with Crippen LogP contribution in [-0.2, 0) is 11.3 Å². The maximum atomic E-state index is 14.0. The number of carbonyl (C=O) groups is 1. The van der Waals surface area contributed by atoms with Crippen molar-refractivity contribution in [2.45, 2.75) is 50.7 Å². The van der Waals surface area contributed by atoms with Gasteiger partial charge in [0.1, 0.15) is 11.9 Å². The quantitative estimate of drug-likeness (QED) is 0.935. The summed E-state index contributed by atoms with van der Waals surface area (Å²) >= 11 is 0. The minimum Gasteiger partial charge on any atom is -0.480 e. The molecule has 0 spiro atoms. The molecular formula is C19H21FN2O2. The van der Waals surface area contributed by atoms with Gasteiger partial charge in [-0.1, -0.05) is 18.9 Å². The van der Waals surface area contributed by atoms with Crippen LogP contribution in [0, 0.1) is 11.7 Å². The normalized spacial score (nSPS) is 27.3. The van der Waals surface area contributed by atoms with Crippen molar-refractivity contribution in [2.24, 2.45) is 5.92 Å². The summed E-state index contributed by atoms with van der Waals surface area (Å²) < 4.78 is 14.0. The first kappa shape index (κ1) is 15.5. The largest absolute Gasteiger partial charge is 0.480 e. The zero-order chi connectivity index (χ0) is 16.7. The summed E-state index contributed by atoms with van der Waals surface area (Å²) in [5.74, 6) is -0.609. The molecule has 2 aromatic rings. The summed E-state index contributed by atoms with van der Waals surface area (Å²) in [6.07, 6.45) is 6.88. The number of carboxylic acids is 1. The highest BCUT2D eigenvalue weighted by Gasteiger charge is 2.45. The summed E-state index contributed by atoms with van der Waals surface area (Å²) in [4.78, 5) is 18.2. The van der Waals surface area contributed by atoms with Crippen LogP contribution in [0.5, 0.6) is 0 Å². The number of hydrogen-bond acceptors (Lipinski definition) is 3. The third kappa shape index (κ3) is 2.67. The van der Waals surface area contributed by atoms with Crippen molar-refractivity contribution in [1.29, 1.82) is 0 Å². The van der Waals surface area contributed by atoms with Crippen molar-refractivity contribution in [3.63, 3.8) is 0 Å². The zero-order valence-corrected chi connectivity index (χ0v) is 13.5. The maximum absolute atomic E-state index is 14.0. The third-order valence-corrected chi connectivity index (χ3v) is 5.61. The molecule has 1 saturated heterocycles. The van der Waals surface area contributed by atoms with E-state index >= 15 is 0 Å². The molecule has 24 heavy (non-hydrogen) atoms. The molecule has 126 valence electrons. The van der Waals surface area contributed by atoms with E-state index in [-0.39, 0.29) is 5.82 Å². The Morgan fingerprint density at radius 3 is 3.00 bits per heavy atom. The van der Waals surface area contributed by atoms with Crippen LogP contribution in [0.4, 0.5) is 4.39 Å². The van der Waals surface area contributed by atoms with E-state index in [4.69, 9.17) is 0 Å². The number of carboxylic acid groups (broad SMARTS) is 1. The van der Waals surface area contributed by atoms with Gasteiger partial charge in [-0.2, -0.15) is 0 Å². The Hall–Kier alpha value is -2.01. The molecule has 0 bridgehead atoms. The summed E-state index contributed by atoms with van der Waals surface area (Å²) in [6.45, 7) is 0.448. The fourth-order valence-corrected chi connectivity index (χ4v) is 4.57. The third-order valence-electron chi connectivity index (χ3n) is 5.61. The van der Waals surface area contributed by atoms with E-state index in [1.54, 1.807) is 12.3 Å². The maximum Gasteiger partial charge on any atom is 0.320 e. The summed E-state index contributed by atoms with van der Waals surface area (Å²) in [5.41, 5.74) is 1.55. The first-order valence-electron chi connectivity index (χ1n) is 8.65. The molecule has 1 N–H and O–H groups in total. The molecule has 1 aliphatic carbocycles. The number of aromatic nitrogens is 1. The lowest BCUT2D eigenvalue weighted by molar-refractivity contribution is -0.142. The van der Waals surface area contributed by atoms with Gasteiger partial charge in [-0.25, -0.2) is 4.39 Å². The molecule has 1 aromatic carbocycles. The molecule has 5 heteroatoms. The van der Waals surface area contributed by atoms with E-state index < -0.39 is 12.0 Å². The number of hydrogen-bond donors (Lipinski definition) is 1. The van der Waals surface area contributed by atoms with Crippen molar-refractivity contribution in [3.8, 4) is 0 Å². The lowest BCUT2D eigenvalue weighted by Gasteiger charge is -2.33. The van der Waals surface area contributed by atoms with E-state index in [0.29, 0.717) is 24.9 Å². The minimum absolute atomic E-state index is 0.293. The SMILES string of the molecule is O=C(O)C1CC2CCCCC2N1Cc1cc(F)cc2cccnc12. The topological polar surface area (TPSA) is 53.4 Å². The summed E-state index contributed by atoms with van der Waals surface area (Å²) in [7, 11) is 0. The first-order valence-corrected chi connectivity index (χ1v) is 8.65. The molecule has 1 aliphatic heterocycles. The van der Waals surface area contributed by atoms with Crippen LogP contribution >= 0.6 is 0 Å². The molecular weight excluding hydrogens is 307 g/mol. The van der Waals surface area contributed by atoms with Crippen LogP contribution in [0.15, 0.2) is 30.5 Å². The molecule has 1 saturated carbocycles. The number of pyridine rings is 1. The number of likely N-dealkylation sites (tertiary alicyclic amines) is 1. The average Bonchev–Trinajstić information content (AvgIpc) is 2.94. The average molecular weight is 328 g/mol. The first-order chi connectivity index (χ1) is 11.6. The highest BCUT2D eigenvalue weighted by atomic mass is 19.1. The number of nitrogens with zero attached hydrogens (tertiary/aromatic N) is 2. The second-order valence-electron chi connectivity index (χ2n) is 7.01. The Balaban J connectivity index is 1.71. The highest BCUT2D eigenvalue weighted by molar-refractivity contribution is 5.82. The Morgan fingerprint density at radius 1 is 1.33 bits per heavy atom.